The molecule has 0 saturated carbocycles. The molecule has 0 radical (unpaired) electrons. The first-order chi connectivity index (χ1) is 15.5. The highest BCUT2D eigenvalue weighted by Gasteiger charge is 2.24. The zero-order valence-electron chi connectivity index (χ0n) is 17.8. The standard InChI is InChI=1S/C26H22FNO4/c1-3-30-24-14-18(10-11-23(24)31-16-19-7-4-6-17(2)12-19)13-22-26(29)32-25(28-22)20-8-5-9-21(27)15-20/h4-15H,3,16H2,1-2H3/b22-13+. The van der Waals surface area contributed by atoms with Crippen LogP contribution in [-0.2, 0) is 16.1 Å². The number of rotatable bonds is 7. The monoisotopic (exact) mass is 431 g/mol. The highest BCUT2D eigenvalue weighted by Crippen LogP contribution is 2.31. The van der Waals surface area contributed by atoms with Crippen LogP contribution in [0.3, 0.4) is 0 Å². The number of hydrogen-bond acceptors (Lipinski definition) is 5. The van der Waals surface area contributed by atoms with Crippen molar-refractivity contribution in [1.82, 2.24) is 0 Å². The van der Waals surface area contributed by atoms with E-state index in [1.165, 1.54) is 23.8 Å². The maximum Gasteiger partial charge on any atom is 0.363 e. The Bertz CT molecular complexity index is 1220. The Morgan fingerprint density at radius 3 is 2.62 bits per heavy atom. The maximum absolute atomic E-state index is 13.5. The van der Waals surface area contributed by atoms with Crippen LogP contribution in [0.4, 0.5) is 4.39 Å². The Morgan fingerprint density at radius 1 is 1.00 bits per heavy atom. The number of nitrogens with zero attached hydrogens (tertiary/aromatic N) is 1. The third-order valence-electron chi connectivity index (χ3n) is 4.74. The summed E-state index contributed by atoms with van der Waals surface area (Å²) in [7, 11) is 0. The molecule has 0 fully saturated rings. The molecule has 0 saturated heterocycles. The first kappa shape index (κ1) is 21.3. The lowest BCUT2D eigenvalue weighted by Gasteiger charge is -2.13. The SMILES string of the molecule is CCOc1cc(/C=C2/N=C(c3cccc(F)c3)OC2=O)ccc1OCc1cccc(C)c1. The van der Waals surface area contributed by atoms with Crippen molar-refractivity contribution in [2.75, 3.05) is 6.61 Å². The summed E-state index contributed by atoms with van der Waals surface area (Å²) in [4.78, 5) is 16.5. The smallest absolute Gasteiger partial charge is 0.363 e. The number of cyclic esters (lactones) is 1. The summed E-state index contributed by atoms with van der Waals surface area (Å²) >= 11 is 0. The highest BCUT2D eigenvalue weighted by molar-refractivity contribution is 6.12. The number of esters is 1. The predicted molar refractivity (Wildman–Crippen MR) is 120 cm³/mol. The van der Waals surface area contributed by atoms with Crippen molar-refractivity contribution < 1.29 is 23.4 Å². The van der Waals surface area contributed by atoms with Gasteiger partial charge in [-0.05, 0) is 61.4 Å². The number of carbonyl (C=O) groups excluding carboxylic acids is 1. The summed E-state index contributed by atoms with van der Waals surface area (Å²) < 4.78 is 30.4. The van der Waals surface area contributed by atoms with Crippen molar-refractivity contribution >= 4 is 17.9 Å². The Labute approximate surface area is 185 Å². The zero-order chi connectivity index (χ0) is 22.5. The third kappa shape index (κ3) is 5.03. The normalized spacial score (nSPS) is 14.3. The molecule has 0 aliphatic carbocycles. The second-order valence-corrected chi connectivity index (χ2v) is 7.26. The quantitative estimate of drug-likeness (QED) is 0.368. The molecular weight excluding hydrogens is 409 g/mol. The van der Waals surface area contributed by atoms with Gasteiger partial charge in [-0.1, -0.05) is 42.0 Å². The lowest BCUT2D eigenvalue weighted by atomic mass is 10.1. The number of hydrogen-bond donors (Lipinski definition) is 0. The van der Waals surface area contributed by atoms with Gasteiger partial charge in [-0.15, -0.1) is 0 Å². The first-order valence-corrected chi connectivity index (χ1v) is 10.3. The fraction of sp³-hybridized carbons (Fsp3) is 0.154. The van der Waals surface area contributed by atoms with E-state index in [1.807, 2.05) is 38.1 Å². The summed E-state index contributed by atoms with van der Waals surface area (Å²) in [6.07, 6.45) is 1.60. The average Bonchev–Trinajstić information content (AvgIpc) is 3.14. The molecule has 0 bridgehead atoms. The Hall–Kier alpha value is -3.93. The van der Waals surface area contributed by atoms with E-state index in [0.717, 1.165) is 5.56 Å². The molecule has 0 aromatic heterocycles. The lowest BCUT2D eigenvalue weighted by molar-refractivity contribution is -0.129. The van der Waals surface area contributed by atoms with Crippen LogP contribution in [0.2, 0.25) is 0 Å². The van der Waals surface area contributed by atoms with Crippen molar-refractivity contribution in [2.24, 2.45) is 4.99 Å². The molecule has 5 nitrogen and oxygen atoms in total. The molecule has 6 heteroatoms. The topological polar surface area (TPSA) is 57.1 Å². The van der Waals surface area contributed by atoms with E-state index in [4.69, 9.17) is 14.2 Å². The largest absolute Gasteiger partial charge is 0.490 e. The average molecular weight is 431 g/mol. The number of ether oxygens (including phenoxy) is 3. The van der Waals surface area contributed by atoms with E-state index in [9.17, 15) is 9.18 Å². The third-order valence-corrected chi connectivity index (χ3v) is 4.74. The Morgan fingerprint density at radius 2 is 1.84 bits per heavy atom. The van der Waals surface area contributed by atoms with Gasteiger partial charge < -0.3 is 14.2 Å². The van der Waals surface area contributed by atoms with Crippen LogP contribution in [0, 0.1) is 12.7 Å². The molecule has 32 heavy (non-hydrogen) atoms. The van der Waals surface area contributed by atoms with E-state index in [2.05, 4.69) is 11.1 Å². The van der Waals surface area contributed by atoms with Gasteiger partial charge in [0.25, 0.3) is 0 Å². The fourth-order valence-corrected chi connectivity index (χ4v) is 3.28. The van der Waals surface area contributed by atoms with Crippen LogP contribution in [0.1, 0.15) is 29.2 Å². The van der Waals surface area contributed by atoms with Crippen molar-refractivity contribution in [3.8, 4) is 11.5 Å². The molecule has 1 aliphatic rings. The van der Waals surface area contributed by atoms with Crippen LogP contribution >= 0.6 is 0 Å². The number of carbonyl (C=O) groups is 1. The highest BCUT2D eigenvalue weighted by atomic mass is 19.1. The van der Waals surface area contributed by atoms with Gasteiger partial charge in [0.2, 0.25) is 5.90 Å². The molecule has 1 aliphatic heterocycles. The van der Waals surface area contributed by atoms with E-state index in [1.54, 1.807) is 24.3 Å². The fourth-order valence-electron chi connectivity index (χ4n) is 3.28. The van der Waals surface area contributed by atoms with Gasteiger partial charge in [-0.3, -0.25) is 0 Å². The van der Waals surface area contributed by atoms with Crippen LogP contribution < -0.4 is 9.47 Å². The zero-order valence-corrected chi connectivity index (χ0v) is 17.8. The van der Waals surface area contributed by atoms with Gasteiger partial charge in [0.05, 0.1) is 6.61 Å². The molecule has 0 spiro atoms. The van der Waals surface area contributed by atoms with Crippen LogP contribution in [-0.4, -0.2) is 18.5 Å². The minimum atomic E-state index is -0.595. The summed E-state index contributed by atoms with van der Waals surface area (Å²) in [5.74, 6) is 0.218. The number of benzene rings is 3. The molecular formula is C26H22FNO4. The molecule has 1 heterocycles. The first-order valence-electron chi connectivity index (χ1n) is 10.3. The Kier molecular flexibility index (Phi) is 6.31. The van der Waals surface area contributed by atoms with Crippen molar-refractivity contribution in [2.45, 2.75) is 20.5 Å². The van der Waals surface area contributed by atoms with Gasteiger partial charge >= 0.3 is 5.97 Å². The summed E-state index contributed by atoms with van der Waals surface area (Å²) in [5, 5.41) is 0. The van der Waals surface area contributed by atoms with Crippen molar-refractivity contribution in [3.05, 3.63) is 100 Å². The minimum Gasteiger partial charge on any atom is -0.490 e. The van der Waals surface area contributed by atoms with Gasteiger partial charge in [-0.25, -0.2) is 14.2 Å². The number of aliphatic imine (C=N–C) groups is 1. The molecule has 3 aromatic carbocycles. The predicted octanol–water partition coefficient (Wildman–Crippen LogP) is 5.46. The lowest BCUT2D eigenvalue weighted by Crippen LogP contribution is -2.05. The maximum atomic E-state index is 13.5. The van der Waals surface area contributed by atoms with E-state index >= 15 is 0 Å². The van der Waals surface area contributed by atoms with Gasteiger partial charge in [0.15, 0.2) is 17.2 Å². The van der Waals surface area contributed by atoms with Crippen molar-refractivity contribution in [3.63, 3.8) is 0 Å². The molecule has 4 rings (SSSR count). The number of aryl methyl sites for hydroxylation is 1. The second-order valence-electron chi connectivity index (χ2n) is 7.26. The van der Waals surface area contributed by atoms with Gasteiger partial charge in [0.1, 0.15) is 12.4 Å². The van der Waals surface area contributed by atoms with E-state index < -0.39 is 11.8 Å². The van der Waals surface area contributed by atoms with Gasteiger partial charge in [0, 0.05) is 5.56 Å². The molecule has 0 atom stereocenters. The van der Waals surface area contributed by atoms with Gasteiger partial charge in [-0.2, -0.15) is 0 Å². The molecule has 0 unspecified atom stereocenters. The molecule has 0 amide bonds. The summed E-state index contributed by atoms with van der Waals surface area (Å²) in [6.45, 7) is 4.80. The van der Waals surface area contributed by atoms with Crippen LogP contribution in [0.25, 0.3) is 6.08 Å². The van der Waals surface area contributed by atoms with Crippen molar-refractivity contribution in [1.29, 1.82) is 0 Å². The summed E-state index contributed by atoms with van der Waals surface area (Å²) in [6, 6.07) is 19.2. The Balaban J connectivity index is 1.56. The van der Waals surface area contributed by atoms with E-state index in [0.29, 0.717) is 35.8 Å². The molecule has 3 aromatic rings. The van der Waals surface area contributed by atoms with Crippen LogP contribution in [0.5, 0.6) is 11.5 Å². The molecule has 0 N–H and O–H groups in total. The van der Waals surface area contributed by atoms with E-state index in [-0.39, 0.29) is 11.6 Å². The molecule has 162 valence electrons. The van der Waals surface area contributed by atoms with Crippen LogP contribution in [0.15, 0.2) is 77.4 Å². The summed E-state index contributed by atoms with van der Waals surface area (Å²) in [5.41, 5.74) is 3.45. The number of halogens is 1. The minimum absolute atomic E-state index is 0.0730. The second kappa shape index (κ2) is 9.47.